The number of hydrogen-bond donors (Lipinski definition) is 1. The van der Waals surface area contributed by atoms with Crippen molar-refractivity contribution >= 4 is 0 Å². The van der Waals surface area contributed by atoms with Crippen molar-refractivity contribution in [2.75, 3.05) is 7.11 Å². The summed E-state index contributed by atoms with van der Waals surface area (Å²) in [6.45, 7) is 8.44. The molecule has 0 saturated carbocycles. The summed E-state index contributed by atoms with van der Waals surface area (Å²) in [4.78, 5) is 0. The largest absolute Gasteiger partial charge is 0.508 e. The van der Waals surface area contributed by atoms with Crippen molar-refractivity contribution in [2.45, 2.75) is 40.0 Å². The van der Waals surface area contributed by atoms with E-state index in [4.69, 9.17) is 4.74 Å². The van der Waals surface area contributed by atoms with Gasteiger partial charge in [0.05, 0.1) is 7.11 Å². The van der Waals surface area contributed by atoms with Crippen LogP contribution in [0, 0.1) is 13.8 Å². The van der Waals surface area contributed by atoms with E-state index in [1.54, 1.807) is 13.2 Å². The molecule has 2 nitrogen and oxygen atoms in total. The van der Waals surface area contributed by atoms with Crippen molar-refractivity contribution < 1.29 is 9.84 Å². The fourth-order valence-electron chi connectivity index (χ4n) is 2.73. The van der Waals surface area contributed by atoms with Crippen LogP contribution in [-0.2, 0) is 6.42 Å². The summed E-state index contributed by atoms with van der Waals surface area (Å²) in [5, 5.41) is 9.93. The summed E-state index contributed by atoms with van der Waals surface area (Å²) in [6.07, 6.45) is 0.877. The van der Waals surface area contributed by atoms with Crippen LogP contribution < -0.4 is 4.74 Å². The Morgan fingerprint density at radius 3 is 2.19 bits per heavy atom. The fourth-order valence-corrected chi connectivity index (χ4v) is 2.73. The van der Waals surface area contributed by atoms with E-state index >= 15 is 0 Å². The lowest BCUT2D eigenvalue weighted by Crippen LogP contribution is -1.99. The predicted molar refractivity (Wildman–Crippen MR) is 87.5 cm³/mol. The number of phenolic OH excluding ortho intramolecular Hbond substituents is 1. The number of phenols is 1. The number of benzene rings is 2. The molecule has 0 aromatic heterocycles. The summed E-state index contributed by atoms with van der Waals surface area (Å²) in [6, 6.07) is 10.1. The Morgan fingerprint density at radius 1 is 1.05 bits per heavy atom. The molecule has 0 unspecified atom stereocenters. The van der Waals surface area contributed by atoms with Crippen molar-refractivity contribution in [1.29, 1.82) is 0 Å². The van der Waals surface area contributed by atoms with E-state index in [9.17, 15) is 5.11 Å². The third kappa shape index (κ3) is 3.38. The zero-order valence-corrected chi connectivity index (χ0v) is 13.5. The molecule has 0 atom stereocenters. The normalized spacial score (nSPS) is 11.0. The van der Waals surface area contributed by atoms with Crippen LogP contribution in [0.25, 0.3) is 0 Å². The SMILES string of the molecule is COc1cc(C)c(Cc2ccc(O)c(C(C)C)c2)c(C)c1. The molecule has 21 heavy (non-hydrogen) atoms. The highest BCUT2D eigenvalue weighted by Gasteiger charge is 2.10. The average molecular weight is 284 g/mol. The molecular formula is C19H24O2. The number of rotatable bonds is 4. The van der Waals surface area contributed by atoms with Crippen LogP contribution in [0.2, 0.25) is 0 Å². The molecule has 2 aromatic rings. The maximum atomic E-state index is 9.93. The minimum absolute atomic E-state index is 0.322. The van der Waals surface area contributed by atoms with E-state index in [0.717, 1.165) is 17.7 Å². The summed E-state index contributed by atoms with van der Waals surface area (Å²) >= 11 is 0. The molecular weight excluding hydrogens is 260 g/mol. The standard InChI is InChI=1S/C19H24O2/c1-12(2)17-10-15(6-7-19(17)20)11-18-13(3)8-16(21-5)9-14(18)4/h6-10,12,20H,11H2,1-5H3. The van der Waals surface area contributed by atoms with Crippen LogP contribution in [0.15, 0.2) is 30.3 Å². The van der Waals surface area contributed by atoms with Gasteiger partial charge in [-0.1, -0.05) is 26.0 Å². The van der Waals surface area contributed by atoms with Gasteiger partial charge in [0.1, 0.15) is 11.5 Å². The lowest BCUT2D eigenvalue weighted by molar-refractivity contribution is 0.414. The molecule has 2 rings (SSSR count). The summed E-state index contributed by atoms with van der Waals surface area (Å²) in [5.74, 6) is 1.61. The van der Waals surface area contributed by atoms with Crippen molar-refractivity contribution in [3.8, 4) is 11.5 Å². The summed E-state index contributed by atoms with van der Waals surface area (Å²) in [7, 11) is 1.70. The van der Waals surface area contributed by atoms with Gasteiger partial charge in [0.25, 0.3) is 0 Å². The molecule has 1 N–H and O–H groups in total. The van der Waals surface area contributed by atoms with Crippen LogP contribution in [0.5, 0.6) is 11.5 Å². The van der Waals surface area contributed by atoms with E-state index in [-0.39, 0.29) is 0 Å². The molecule has 0 aliphatic carbocycles. The second kappa shape index (κ2) is 6.21. The van der Waals surface area contributed by atoms with Crippen molar-refractivity contribution in [2.24, 2.45) is 0 Å². The van der Waals surface area contributed by atoms with Gasteiger partial charge in [0.15, 0.2) is 0 Å². The second-order valence-electron chi connectivity index (χ2n) is 5.96. The first kappa shape index (κ1) is 15.4. The highest BCUT2D eigenvalue weighted by molar-refractivity contribution is 5.45. The van der Waals surface area contributed by atoms with Crippen LogP contribution >= 0.6 is 0 Å². The average Bonchev–Trinajstić information content (AvgIpc) is 2.43. The van der Waals surface area contributed by atoms with Crippen LogP contribution in [0.3, 0.4) is 0 Å². The maximum absolute atomic E-state index is 9.93. The maximum Gasteiger partial charge on any atom is 0.119 e. The third-order valence-corrected chi connectivity index (χ3v) is 4.00. The Balaban J connectivity index is 2.37. The summed E-state index contributed by atoms with van der Waals surface area (Å²) < 4.78 is 5.31. The van der Waals surface area contributed by atoms with Gasteiger partial charge in [0, 0.05) is 0 Å². The minimum atomic E-state index is 0.322. The number of hydrogen-bond acceptors (Lipinski definition) is 2. The molecule has 0 saturated heterocycles. The first-order valence-electron chi connectivity index (χ1n) is 7.38. The van der Waals surface area contributed by atoms with E-state index in [1.165, 1.54) is 22.3 Å². The Morgan fingerprint density at radius 2 is 1.67 bits per heavy atom. The van der Waals surface area contributed by atoms with Crippen LogP contribution in [0.1, 0.15) is 47.6 Å². The third-order valence-electron chi connectivity index (χ3n) is 4.00. The molecule has 0 spiro atoms. The molecule has 2 aromatic carbocycles. The number of aryl methyl sites for hydroxylation is 2. The molecule has 2 heteroatoms. The smallest absolute Gasteiger partial charge is 0.119 e. The molecule has 0 amide bonds. The van der Waals surface area contributed by atoms with Crippen molar-refractivity contribution in [1.82, 2.24) is 0 Å². The summed E-state index contributed by atoms with van der Waals surface area (Å²) in [5.41, 5.74) is 6.05. The quantitative estimate of drug-likeness (QED) is 0.879. The number of aromatic hydroxyl groups is 1. The molecule has 0 heterocycles. The molecule has 0 radical (unpaired) electrons. The van der Waals surface area contributed by atoms with E-state index < -0.39 is 0 Å². The Labute approximate surface area is 127 Å². The highest BCUT2D eigenvalue weighted by Crippen LogP contribution is 2.29. The van der Waals surface area contributed by atoms with Gasteiger partial charge in [-0.15, -0.1) is 0 Å². The van der Waals surface area contributed by atoms with Crippen molar-refractivity contribution in [3.05, 3.63) is 58.1 Å². The van der Waals surface area contributed by atoms with Gasteiger partial charge in [-0.2, -0.15) is 0 Å². The monoisotopic (exact) mass is 284 g/mol. The van der Waals surface area contributed by atoms with Gasteiger partial charge >= 0.3 is 0 Å². The van der Waals surface area contributed by atoms with Crippen molar-refractivity contribution in [3.63, 3.8) is 0 Å². The molecule has 0 aliphatic rings. The van der Waals surface area contributed by atoms with Gasteiger partial charge in [-0.3, -0.25) is 0 Å². The number of methoxy groups -OCH3 is 1. The molecule has 112 valence electrons. The molecule has 0 bridgehead atoms. The first-order chi connectivity index (χ1) is 9.92. The first-order valence-corrected chi connectivity index (χ1v) is 7.38. The highest BCUT2D eigenvalue weighted by atomic mass is 16.5. The van der Waals surface area contributed by atoms with Gasteiger partial charge < -0.3 is 9.84 Å². The predicted octanol–water partition coefficient (Wildman–Crippen LogP) is 4.73. The van der Waals surface area contributed by atoms with Gasteiger partial charge in [0.2, 0.25) is 0 Å². The Hall–Kier alpha value is -1.96. The van der Waals surface area contributed by atoms with E-state index in [1.807, 2.05) is 6.07 Å². The zero-order chi connectivity index (χ0) is 15.6. The molecule has 0 aliphatic heterocycles. The lowest BCUT2D eigenvalue weighted by atomic mass is 9.93. The zero-order valence-electron chi connectivity index (χ0n) is 13.5. The van der Waals surface area contributed by atoms with E-state index in [2.05, 4.69) is 45.9 Å². The van der Waals surface area contributed by atoms with Crippen LogP contribution in [0.4, 0.5) is 0 Å². The lowest BCUT2D eigenvalue weighted by Gasteiger charge is -2.14. The van der Waals surface area contributed by atoms with E-state index in [0.29, 0.717) is 11.7 Å². The fraction of sp³-hybridized carbons (Fsp3) is 0.368. The second-order valence-corrected chi connectivity index (χ2v) is 5.96. The van der Waals surface area contributed by atoms with Gasteiger partial charge in [-0.25, -0.2) is 0 Å². The number of ether oxygens (including phenoxy) is 1. The van der Waals surface area contributed by atoms with Gasteiger partial charge in [-0.05, 0) is 72.2 Å². The topological polar surface area (TPSA) is 29.5 Å². The van der Waals surface area contributed by atoms with Crippen LogP contribution in [-0.4, -0.2) is 12.2 Å². The Kier molecular flexibility index (Phi) is 4.56. The Bertz CT molecular complexity index is 619. The molecule has 0 fully saturated rings. The minimum Gasteiger partial charge on any atom is -0.508 e.